The minimum Gasteiger partial charge on any atom is -0.488 e. The van der Waals surface area contributed by atoms with Crippen molar-refractivity contribution in [2.45, 2.75) is 6.61 Å². The molecule has 0 unspecified atom stereocenters. The standard InChI is InChI=1S/C28H19Br2ClN2O4/c29-21-8-12-25(37-28(35)19-6-10-23(31)11-7-19)20(14-21)16-32-33-27(34)24-15-22(30)9-13-26(24)36-17-18-4-2-1-3-5-18/h1-16H,17H2,(H,33,34)/b32-16+. The second-order valence-electron chi connectivity index (χ2n) is 7.69. The van der Waals surface area contributed by atoms with Crippen LogP contribution in [0.3, 0.4) is 0 Å². The lowest BCUT2D eigenvalue weighted by molar-refractivity contribution is 0.0734. The SMILES string of the molecule is O=C(Oc1ccc(Br)cc1/C=N/NC(=O)c1cc(Br)ccc1OCc1ccccc1)c1ccc(Cl)cc1. The van der Waals surface area contributed by atoms with Crippen LogP contribution in [0, 0.1) is 0 Å². The van der Waals surface area contributed by atoms with E-state index >= 15 is 0 Å². The van der Waals surface area contributed by atoms with E-state index in [2.05, 4.69) is 42.4 Å². The van der Waals surface area contributed by atoms with Crippen LogP contribution in [0.25, 0.3) is 0 Å². The molecule has 4 rings (SSSR count). The molecule has 0 heterocycles. The van der Waals surface area contributed by atoms with Crippen molar-refractivity contribution in [2.75, 3.05) is 0 Å². The van der Waals surface area contributed by atoms with Crippen LogP contribution in [0.2, 0.25) is 5.02 Å². The van der Waals surface area contributed by atoms with Crippen LogP contribution in [-0.4, -0.2) is 18.1 Å². The maximum atomic E-state index is 12.9. The summed E-state index contributed by atoms with van der Waals surface area (Å²) in [6.45, 7) is 0.312. The molecule has 0 saturated heterocycles. The van der Waals surface area contributed by atoms with Crippen molar-refractivity contribution in [1.29, 1.82) is 0 Å². The Morgan fingerprint density at radius 3 is 2.27 bits per heavy atom. The summed E-state index contributed by atoms with van der Waals surface area (Å²) < 4.78 is 12.9. The molecular formula is C28H19Br2ClN2O4. The summed E-state index contributed by atoms with van der Waals surface area (Å²) in [6, 6.07) is 26.3. The zero-order valence-corrected chi connectivity index (χ0v) is 23.1. The quantitative estimate of drug-likeness (QED) is 0.0939. The molecule has 0 saturated carbocycles. The molecule has 1 N–H and O–H groups in total. The number of ether oxygens (including phenoxy) is 2. The van der Waals surface area contributed by atoms with Crippen molar-refractivity contribution in [1.82, 2.24) is 5.43 Å². The number of benzene rings is 4. The van der Waals surface area contributed by atoms with Crippen molar-refractivity contribution in [3.8, 4) is 11.5 Å². The van der Waals surface area contributed by atoms with Gasteiger partial charge in [0.25, 0.3) is 5.91 Å². The van der Waals surface area contributed by atoms with Crippen molar-refractivity contribution >= 4 is 61.6 Å². The van der Waals surface area contributed by atoms with Crippen molar-refractivity contribution in [2.24, 2.45) is 5.10 Å². The lowest BCUT2D eigenvalue weighted by Gasteiger charge is -2.11. The molecule has 4 aromatic rings. The maximum absolute atomic E-state index is 12.9. The second kappa shape index (κ2) is 12.7. The van der Waals surface area contributed by atoms with E-state index in [1.54, 1.807) is 60.7 Å². The van der Waals surface area contributed by atoms with Crippen LogP contribution in [0.4, 0.5) is 0 Å². The van der Waals surface area contributed by atoms with Crippen LogP contribution >= 0.6 is 43.5 Å². The number of rotatable bonds is 8. The monoisotopic (exact) mass is 640 g/mol. The van der Waals surface area contributed by atoms with Gasteiger partial charge in [-0.25, -0.2) is 10.2 Å². The average molecular weight is 643 g/mol. The Morgan fingerprint density at radius 1 is 0.865 bits per heavy atom. The van der Waals surface area contributed by atoms with Gasteiger partial charge in [0.1, 0.15) is 18.1 Å². The van der Waals surface area contributed by atoms with Gasteiger partial charge < -0.3 is 9.47 Å². The molecule has 0 radical (unpaired) electrons. The Hall–Kier alpha value is -3.46. The van der Waals surface area contributed by atoms with Crippen LogP contribution in [0.15, 0.2) is 105 Å². The molecule has 4 aromatic carbocycles. The highest BCUT2D eigenvalue weighted by atomic mass is 79.9. The second-order valence-corrected chi connectivity index (χ2v) is 9.96. The van der Waals surface area contributed by atoms with Crippen molar-refractivity contribution in [3.63, 3.8) is 0 Å². The van der Waals surface area contributed by atoms with Gasteiger partial charge in [-0.1, -0.05) is 73.8 Å². The van der Waals surface area contributed by atoms with E-state index in [9.17, 15) is 9.59 Å². The smallest absolute Gasteiger partial charge is 0.343 e. The number of hydrogen-bond donors (Lipinski definition) is 1. The van der Waals surface area contributed by atoms with Crippen LogP contribution in [-0.2, 0) is 6.61 Å². The predicted molar refractivity (Wildman–Crippen MR) is 151 cm³/mol. The lowest BCUT2D eigenvalue weighted by Crippen LogP contribution is -2.19. The van der Waals surface area contributed by atoms with Gasteiger partial charge in [0.15, 0.2) is 0 Å². The van der Waals surface area contributed by atoms with Gasteiger partial charge in [0, 0.05) is 19.5 Å². The molecular weight excluding hydrogens is 624 g/mol. The molecule has 0 aliphatic carbocycles. The van der Waals surface area contributed by atoms with Gasteiger partial charge in [-0.05, 0) is 66.2 Å². The fourth-order valence-electron chi connectivity index (χ4n) is 3.22. The molecule has 37 heavy (non-hydrogen) atoms. The Bertz CT molecular complexity index is 1440. The van der Waals surface area contributed by atoms with Gasteiger partial charge in [-0.15, -0.1) is 0 Å². The first kappa shape index (κ1) is 26.6. The van der Waals surface area contributed by atoms with Crippen LogP contribution in [0.1, 0.15) is 31.8 Å². The number of halogens is 3. The third-order valence-electron chi connectivity index (χ3n) is 5.05. The maximum Gasteiger partial charge on any atom is 0.343 e. The molecule has 9 heteroatoms. The number of carbonyl (C=O) groups is 2. The Kier molecular flexibility index (Phi) is 9.11. The minimum absolute atomic E-state index is 0.274. The number of nitrogens with one attached hydrogen (secondary N) is 1. The number of carbonyl (C=O) groups excluding carboxylic acids is 2. The summed E-state index contributed by atoms with van der Waals surface area (Å²) >= 11 is 12.7. The summed E-state index contributed by atoms with van der Waals surface area (Å²) in [5.74, 6) is -0.322. The molecule has 0 bridgehead atoms. The Morgan fingerprint density at radius 2 is 1.54 bits per heavy atom. The van der Waals surface area contributed by atoms with Gasteiger partial charge in [0.2, 0.25) is 0 Å². The fraction of sp³-hybridized carbons (Fsp3) is 0.0357. The van der Waals surface area contributed by atoms with Crippen molar-refractivity contribution < 1.29 is 19.1 Å². The first-order valence-corrected chi connectivity index (χ1v) is 12.9. The molecule has 0 fully saturated rings. The third kappa shape index (κ3) is 7.52. The predicted octanol–water partition coefficient (Wildman–Crippen LogP) is 7.43. The van der Waals surface area contributed by atoms with Crippen molar-refractivity contribution in [3.05, 3.63) is 127 Å². The molecule has 0 atom stereocenters. The average Bonchev–Trinajstić information content (AvgIpc) is 2.90. The van der Waals surface area contributed by atoms with Gasteiger partial charge >= 0.3 is 5.97 Å². The van der Waals surface area contributed by atoms with Crippen LogP contribution in [0.5, 0.6) is 11.5 Å². The zero-order valence-electron chi connectivity index (χ0n) is 19.2. The number of nitrogens with zero attached hydrogens (tertiary/aromatic N) is 1. The molecule has 0 aliphatic heterocycles. The molecule has 6 nitrogen and oxygen atoms in total. The van der Waals surface area contributed by atoms with Gasteiger partial charge in [-0.2, -0.15) is 5.10 Å². The lowest BCUT2D eigenvalue weighted by atomic mass is 10.2. The minimum atomic E-state index is -0.549. The fourth-order valence-corrected chi connectivity index (χ4v) is 4.09. The Balaban J connectivity index is 1.47. The normalized spacial score (nSPS) is 10.8. The number of esters is 1. The molecule has 1 amide bonds. The topological polar surface area (TPSA) is 77.0 Å². The van der Waals surface area contributed by atoms with E-state index < -0.39 is 11.9 Å². The van der Waals surface area contributed by atoms with Gasteiger partial charge in [-0.3, -0.25) is 4.79 Å². The van der Waals surface area contributed by atoms with E-state index in [1.807, 2.05) is 30.3 Å². The van der Waals surface area contributed by atoms with E-state index in [4.69, 9.17) is 21.1 Å². The largest absolute Gasteiger partial charge is 0.488 e. The van der Waals surface area contributed by atoms with Gasteiger partial charge in [0.05, 0.1) is 17.3 Å². The first-order valence-electron chi connectivity index (χ1n) is 11.0. The summed E-state index contributed by atoms with van der Waals surface area (Å²) in [4.78, 5) is 25.5. The van der Waals surface area contributed by atoms with E-state index in [0.717, 1.165) is 14.5 Å². The number of amides is 1. The van der Waals surface area contributed by atoms with E-state index in [0.29, 0.717) is 34.1 Å². The highest BCUT2D eigenvalue weighted by Gasteiger charge is 2.14. The summed E-state index contributed by atoms with van der Waals surface area (Å²) in [5.41, 5.74) is 4.63. The molecule has 0 spiro atoms. The first-order chi connectivity index (χ1) is 17.9. The number of hydrogen-bond acceptors (Lipinski definition) is 5. The summed E-state index contributed by atoms with van der Waals surface area (Å²) in [6.07, 6.45) is 1.40. The molecule has 186 valence electrons. The van der Waals surface area contributed by atoms with E-state index in [1.165, 1.54) is 6.21 Å². The Labute approximate surface area is 235 Å². The highest BCUT2D eigenvalue weighted by molar-refractivity contribution is 9.10. The molecule has 0 aromatic heterocycles. The third-order valence-corrected chi connectivity index (χ3v) is 6.29. The zero-order chi connectivity index (χ0) is 26.2. The summed E-state index contributed by atoms with van der Waals surface area (Å²) in [5, 5.41) is 4.59. The highest BCUT2D eigenvalue weighted by Crippen LogP contribution is 2.25. The van der Waals surface area contributed by atoms with Crippen LogP contribution < -0.4 is 14.9 Å². The molecule has 0 aliphatic rings. The summed E-state index contributed by atoms with van der Waals surface area (Å²) in [7, 11) is 0. The van der Waals surface area contributed by atoms with E-state index in [-0.39, 0.29) is 5.75 Å². The number of hydrazone groups is 1.